The van der Waals surface area contributed by atoms with E-state index >= 15 is 0 Å². The number of nitrogens with one attached hydrogen (secondary N) is 1. The number of ether oxygens (including phenoxy) is 1. The average Bonchev–Trinajstić information content (AvgIpc) is 2.63. The number of carbonyl (C=O) groups excluding carboxylic acids is 2. The fraction of sp³-hybridized carbons (Fsp3) is 0.500. The summed E-state index contributed by atoms with van der Waals surface area (Å²) in [6.07, 6.45) is 0. The van der Waals surface area contributed by atoms with Crippen molar-refractivity contribution in [2.45, 2.75) is 17.8 Å². The summed E-state index contributed by atoms with van der Waals surface area (Å²) >= 11 is 3.28. The van der Waals surface area contributed by atoms with Gasteiger partial charge in [0.2, 0.25) is 0 Å². The number of amides is 1. The standard InChI is InChI=1S/C10H13IN2O3S/c1-5-8(17-6(2)13-5)9(14)12-4-7(11)10(15)16-3/h7H,4H2,1-3H3,(H,12,14). The lowest BCUT2D eigenvalue weighted by Crippen LogP contribution is -2.33. The minimum atomic E-state index is -0.379. The van der Waals surface area contributed by atoms with Crippen molar-refractivity contribution in [3.63, 3.8) is 0 Å². The lowest BCUT2D eigenvalue weighted by molar-refractivity contribution is -0.139. The minimum Gasteiger partial charge on any atom is -0.468 e. The van der Waals surface area contributed by atoms with E-state index < -0.39 is 0 Å². The number of methoxy groups -OCH3 is 1. The van der Waals surface area contributed by atoms with Gasteiger partial charge < -0.3 is 10.1 Å². The Morgan fingerprint density at radius 1 is 1.53 bits per heavy atom. The van der Waals surface area contributed by atoms with E-state index in [-0.39, 0.29) is 22.3 Å². The Kier molecular flexibility index (Phi) is 5.31. The molecule has 7 heteroatoms. The zero-order valence-corrected chi connectivity index (χ0v) is 12.7. The molecule has 0 aliphatic rings. The number of nitrogens with zero attached hydrogens (tertiary/aromatic N) is 1. The Bertz CT molecular complexity index is 433. The van der Waals surface area contributed by atoms with Gasteiger partial charge in [-0.15, -0.1) is 11.3 Å². The Morgan fingerprint density at radius 2 is 2.18 bits per heavy atom. The molecule has 0 saturated carbocycles. The van der Waals surface area contributed by atoms with Crippen molar-refractivity contribution in [1.29, 1.82) is 0 Å². The first-order valence-corrected chi connectivity index (χ1v) is 6.96. The second-order valence-corrected chi connectivity index (χ2v) is 6.05. The van der Waals surface area contributed by atoms with E-state index in [0.717, 1.165) is 5.01 Å². The lowest BCUT2D eigenvalue weighted by atomic mass is 10.3. The summed E-state index contributed by atoms with van der Waals surface area (Å²) in [5.74, 6) is -0.540. The van der Waals surface area contributed by atoms with Crippen molar-refractivity contribution in [1.82, 2.24) is 10.3 Å². The van der Waals surface area contributed by atoms with E-state index in [9.17, 15) is 9.59 Å². The van der Waals surface area contributed by atoms with Gasteiger partial charge in [-0.3, -0.25) is 9.59 Å². The number of rotatable bonds is 4. The summed E-state index contributed by atoms with van der Waals surface area (Å²) in [4.78, 5) is 27.7. The van der Waals surface area contributed by atoms with Crippen LogP contribution in [0.4, 0.5) is 0 Å². The Hall–Kier alpha value is -0.700. The first-order valence-electron chi connectivity index (χ1n) is 4.89. The number of carbonyl (C=O) groups is 2. The van der Waals surface area contributed by atoms with Crippen LogP contribution in [-0.4, -0.2) is 34.4 Å². The van der Waals surface area contributed by atoms with Crippen LogP contribution in [0.5, 0.6) is 0 Å². The summed E-state index contributed by atoms with van der Waals surface area (Å²) in [6.45, 7) is 3.90. The summed E-state index contributed by atoms with van der Waals surface area (Å²) < 4.78 is 4.19. The van der Waals surface area contributed by atoms with Crippen molar-refractivity contribution in [2.75, 3.05) is 13.7 Å². The molecule has 17 heavy (non-hydrogen) atoms. The molecule has 1 aromatic rings. The van der Waals surface area contributed by atoms with Crippen LogP contribution in [0.15, 0.2) is 0 Å². The number of aromatic nitrogens is 1. The molecule has 0 radical (unpaired) electrons. The van der Waals surface area contributed by atoms with Crippen LogP contribution in [0.3, 0.4) is 0 Å². The van der Waals surface area contributed by atoms with E-state index in [1.165, 1.54) is 18.4 Å². The molecule has 1 atom stereocenters. The van der Waals surface area contributed by atoms with Gasteiger partial charge in [-0.2, -0.15) is 0 Å². The maximum Gasteiger partial charge on any atom is 0.320 e. The molecule has 0 fully saturated rings. The highest BCUT2D eigenvalue weighted by Crippen LogP contribution is 2.16. The van der Waals surface area contributed by atoms with Gasteiger partial charge >= 0.3 is 5.97 Å². The molecule has 1 rings (SSSR count). The molecule has 1 aromatic heterocycles. The van der Waals surface area contributed by atoms with Crippen molar-refractivity contribution in [3.05, 3.63) is 15.6 Å². The maximum absolute atomic E-state index is 11.8. The number of halogens is 1. The molecule has 0 aliphatic heterocycles. The van der Waals surface area contributed by atoms with Gasteiger partial charge in [0.1, 0.15) is 8.80 Å². The third kappa shape index (κ3) is 3.91. The Labute approximate surface area is 117 Å². The Balaban J connectivity index is 2.56. The normalized spacial score (nSPS) is 12.0. The molecule has 1 unspecified atom stereocenters. The van der Waals surface area contributed by atoms with E-state index in [4.69, 9.17) is 0 Å². The number of hydrogen-bond acceptors (Lipinski definition) is 5. The predicted octanol–water partition coefficient (Wildman–Crippen LogP) is 1.47. The summed E-state index contributed by atoms with van der Waals surface area (Å²) in [5, 5.41) is 3.54. The molecule has 0 bridgehead atoms. The molecular formula is C10H13IN2O3S. The minimum absolute atomic E-state index is 0.196. The summed E-state index contributed by atoms with van der Waals surface area (Å²) in [6, 6.07) is 0. The van der Waals surface area contributed by atoms with E-state index in [1.807, 2.05) is 29.5 Å². The van der Waals surface area contributed by atoms with Gasteiger partial charge in [0.15, 0.2) is 0 Å². The SMILES string of the molecule is COC(=O)C(I)CNC(=O)c1sc(C)nc1C. The van der Waals surface area contributed by atoms with Crippen LogP contribution in [0.25, 0.3) is 0 Å². The van der Waals surface area contributed by atoms with Crippen LogP contribution in [0, 0.1) is 13.8 Å². The van der Waals surface area contributed by atoms with Crippen LogP contribution in [0.2, 0.25) is 0 Å². The maximum atomic E-state index is 11.8. The number of aryl methyl sites for hydroxylation is 2. The molecule has 0 spiro atoms. The first-order chi connectivity index (χ1) is 7.95. The molecule has 5 nitrogen and oxygen atoms in total. The molecule has 0 saturated heterocycles. The second kappa shape index (κ2) is 6.29. The average molecular weight is 368 g/mol. The highest BCUT2D eigenvalue weighted by molar-refractivity contribution is 14.1. The Morgan fingerprint density at radius 3 is 2.65 bits per heavy atom. The second-order valence-electron chi connectivity index (χ2n) is 3.35. The molecule has 94 valence electrons. The van der Waals surface area contributed by atoms with Gasteiger partial charge in [-0.25, -0.2) is 4.98 Å². The van der Waals surface area contributed by atoms with Crippen LogP contribution in [0.1, 0.15) is 20.4 Å². The van der Waals surface area contributed by atoms with Crippen molar-refractivity contribution < 1.29 is 14.3 Å². The smallest absolute Gasteiger partial charge is 0.320 e. The number of hydrogen-bond donors (Lipinski definition) is 1. The molecule has 1 amide bonds. The van der Waals surface area contributed by atoms with Crippen LogP contribution >= 0.6 is 33.9 Å². The lowest BCUT2D eigenvalue weighted by Gasteiger charge is -2.08. The van der Waals surface area contributed by atoms with Gasteiger partial charge in [-0.05, 0) is 13.8 Å². The summed E-state index contributed by atoms with van der Waals surface area (Å²) in [7, 11) is 1.33. The molecule has 0 aromatic carbocycles. The quantitative estimate of drug-likeness (QED) is 0.497. The summed E-state index contributed by atoms with van der Waals surface area (Å²) in [5.41, 5.74) is 0.716. The van der Waals surface area contributed by atoms with Crippen LogP contribution in [-0.2, 0) is 9.53 Å². The van der Waals surface area contributed by atoms with E-state index in [0.29, 0.717) is 10.6 Å². The number of thiazole rings is 1. The highest BCUT2D eigenvalue weighted by Gasteiger charge is 2.18. The molecule has 0 aliphatic carbocycles. The first kappa shape index (κ1) is 14.4. The predicted molar refractivity (Wildman–Crippen MR) is 73.7 cm³/mol. The largest absolute Gasteiger partial charge is 0.468 e. The zero-order chi connectivity index (χ0) is 13.0. The number of alkyl halides is 1. The zero-order valence-electron chi connectivity index (χ0n) is 9.74. The third-order valence-corrected chi connectivity index (χ3v) is 4.03. The topological polar surface area (TPSA) is 68.3 Å². The monoisotopic (exact) mass is 368 g/mol. The fourth-order valence-corrected chi connectivity index (χ4v) is 2.53. The van der Waals surface area contributed by atoms with Gasteiger partial charge in [-0.1, -0.05) is 22.6 Å². The molecule has 1 heterocycles. The third-order valence-electron chi connectivity index (χ3n) is 2.01. The van der Waals surface area contributed by atoms with Gasteiger partial charge in [0.25, 0.3) is 5.91 Å². The van der Waals surface area contributed by atoms with Crippen molar-refractivity contribution in [2.24, 2.45) is 0 Å². The number of esters is 1. The molecule has 1 N–H and O–H groups in total. The molecular weight excluding hydrogens is 355 g/mol. The van der Waals surface area contributed by atoms with Gasteiger partial charge in [0.05, 0.1) is 17.8 Å². The fourth-order valence-electron chi connectivity index (χ4n) is 1.22. The van der Waals surface area contributed by atoms with Crippen LogP contribution < -0.4 is 5.32 Å². The van der Waals surface area contributed by atoms with E-state index in [1.54, 1.807) is 6.92 Å². The van der Waals surface area contributed by atoms with Crippen molar-refractivity contribution >= 4 is 45.8 Å². The van der Waals surface area contributed by atoms with Gasteiger partial charge in [0, 0.05) is 6.54 Å². The van der Waals surface area contributed by atoms with Crippen molar-refractivity contribution in [3.8, 4) is 0 Å². The highest BCUT2D eigenvalue weighted by atomic mass is 127. The van der Waals surface area contributed by atoms with E-state index in [2.05, 4.69) is 15.0 Å².